The Morgan fingerprint density at radius 2 is 2.25 bits per heavy atom. The van der Waals surface area contributed by atoms with Gasteiger partial charge in [-0.2, -0.15) is 15.2 Å². The minimum Gasteiger partial charge on any atom is -0.341 e. The first-order chi connectivity index (χ1) is 5.72. The van der Waals surface area contributed by atoms with Crippen LogP contribution >= 0.6 is 11.6 Å². The summed E-state index contributed by atoms with van der Waals surface area (Å²) in [5.74, 6) is 0.851. The van der Waals surface area contributed by atoms with Crippen LogP contribution in [-0.4, -0.2) is 21.5 Å². The van der Waals surface area contributed by atoms with Gasteiger partial charge in [-0.05, 0) is 18.5 Å². The molecule has 5 nitrogen and oxygen atoms in total. The summed E-state index contributed by atoms with van der Waals surface area (Å²) in [5, 5.41) is 11.0. The fourth-order valence-electron chi connectivity index (χ4n) is 0.647. The van der Waals surface area contributed by atoms with Crippen LogP contribution in [0.1, 0.15) is 5.82 Å². The standard InChI is InChI=1S/C6H6ClN5/c1-4-10-5(7)12-6(11-4)9-3-2-8/h3H2,1H3,(H,9,10,11,12). The molecule has 1 N–H and O–H groups in total. The van der Waals surface area contributed by atoms with Crippen LogP contribution in [-0.2, 0) is 0 Å². The zero-order chi connectivity index (χ0) is 8.97. The second-order valence-electron chi connectivity index (χ2n) is 1.99. The van der Waals surface area contributed by atoms with Crippen LogP contribution in [0, 0.1) is 18.3 Å². The van der Waals surface area contributed by atoms with E-state index in [0.29, 0.717) is 11.8 Å². The second-order valence-corrected chi connectivity index (χ2v) is 2.32. The van der Waals surface area contributed by atoms with Crippen LogP contribution in [0.25, 0.3) is 0 Å². The van der Waals surface area contributed by atoms with Gasteiger partial charge in [-0.1, -0.05) is 0 Å². The van der Waals surface area contributed by atoms with E-state index in [9.17, 15) is 0 Å². The number of hydrogen-bond donors (Lipinski definition) is 1. The summed E-state index contributed by atoms with van der Waals surface area (Å²) in [6, 6.07) is 1.90. The van der Waals surface area contributed by atoms with Crippen molar-refractivity contribution in [2.24, 2.45) is 0 Å². The lowest BCUT2D eigenvalue weighted by molar-refractivity contribution is 0.970. The number of halogens is 1. The van der Waals surface area contributed by atoms with Crippen molar-refractivity contribution in [1.82, 2.24) is 15.0 Å². The van der Waals surface area contributed by atoms with Crippen molar-refractivity contribution in [3.63, 3.8) is 0 Å². The van der Waals surface area contributed by atoms with Crippen molar-refractivity contribution in [2.45, 2.75) is 6.92 Å². The fourth-order valence-corrected chi connectivity index (χ4v) is 0.849. The average molecular weight is 184 g/mol. The zero-order valence-corrected chi connectivity index (χ0v) is 7.13. The highest BCUT2D eigenvalue weighted by Gasteiger charge is 1.99. The number of rotatable bonds is 2. The third kappa shape index (κ3) is 2.32. The summed E-state index contributed by atoms with van der Waals surface area (Å²) in [6.07, 6.45) is 0. The van der Waals surface area contributed by atoms with Crippen LogP contribution in [0.2, 0.25) is 5.28 Å². The third-order valence-corrected chi connectivity index (χ3v) is 1.21. The second kappa shape index (κ2) is 3.83. The molecule has 1 aromatic heterocycles. The smallest absolute Gasteiger partial charge is 0.228 e. The van der Waals surface area contributed by atoms with Gasteiger partial charge in [0.05, 0.1) is 6.07 Å². The van der Waals surface area contributed by atoms with Gasteiger partial charge in [-0.25, -0.2) is 4.98 Å². The molecule has 6 heteroatoms. The predicted molar refractivity (Wildman–Crippen MR) is 43.7 cm³/mol. The van der Waals surface area contributed by atoms with Crippen LogP contribution in [0.4, 0.5) is 5.95 Å². The summed E-state index contributed by atoms with van der Waals surface area (Å²) in [7, 11) is 0. The Morgan fingerprint density at radius 3 is 2.83 bits per heavy atom. The Morgan fingerprint density at radius 1 is 1.50 bits per heavy atom. The lowest BCUT2D eigenvalue weighted by atomic mass is 10.6. The number of hydrogen-bond acceptors (Lipinski definition) is 5. The number of aryl methyl sites for hydroxylation is 1. The Kier molecular flexibility index (Phi) is 2.77. The van der Waals surface area contributed by atoms with Gasteiger partial charge in [-0.15, -0.1) is 0 Å². The molecule has 0 bridgehead atoms. The van der Waals surface area contributed by atoms with Gasteiger partial charge < -0.3 is 5.32 Å². The molecular weight excluding hydrogens is 178 g/mol. The number of aromatic nitrogens is 3. The topological polar surface area (TPSA) is 74.5 Å². The first-order valence-corrected chi connectivity index (χ1v) is 3.59. The monoisotopic (exact) mass is 183 g/mol. The van der Waals surface area contributed by atoms with E-state index in [1.165, 1.54) is 0 Å². The van der Waals surface area contributed by atoms with E-state index in [-0.39, 0.29) is 11.8 Å². The Balaban J connectivity index is 2.80. The summed E-state index contributed by atoms with van der Waals surface area (Å²) in [6.45, 7) is 1.85. The first kappa shape index (κ1) is 8.68. The lowest BCUT2D eigenvalue weighted by Gasteiger charge is -1.99. The van der Waals surface area contributed by atoms with Gasteiger partial charge in [0.15, 0.2) is 0 Å². The normalized spacial score (nSPS) is 9.08. The molecule has 0 atom stereocenters. The van der Waals surface area contributed by atoms with Gasteiger partial charge in [-0.3, -0.25) is 0 Å². The van der Waals surface area contributed by atoms with E-state index < -0.39 is 0 Å². The van der Waals surface area contributed by atoms with E-state index in [0.717, 1.165) is 0 Å². The molecule has 0 aliphatic heterocycles. The molecule has 0 radical (unpaired) electrons. The largest absolute Gasteiger partial charge is 0.341 e. The molecule has 0 spiro atoms. The molecule has 1 heterocycles. The van der Waals surface area contributed by atoms with Crippen LogP contribution in [0.3, 0.4) is 0 Å². The van der Waals surface area contributed by atoms with Crippen LogP contribution in [0.5, 0.6) is 0 Å². The summed E-state index contributed by atoms with van der Waals surface area (Å²) >= 11 is 5.54. The number of nitrogens with zero attached hydrogens (tertiary/aromatic N) is 4. The average Bonchev–Trinajstić information content (AvgIpc) is 1.99. The Labute approximate surface area is 74.4 Å². The minimum absolute atomic E-state index is 0.128. The molecule has 0 unspecified atom stereocenters. The first-order valence-electron chi connectivity index (χ1n) is 3.21. The summed E-state index contributed by atoms with van der Waals surface area (Å²) < 4.78 is 0. The maximum atomic E-state index is 8.25. The number of anilines is 1. The lowest BCUT2D eigenvalue weighted by Crippen LogP contribution is -2.05. The number of nitriles is 1. The highest BCUT2D eigenvalue weighted by molar-refractivity contribution is 6.28. The van der Waals surface area contributed by atoms with Crippen molar-refractivity contribution in [1.29, 1.82) is 5.26 Å². The van der Waals surface area contributed by atoms with Crippen molar-refractivity contribution in [2.75, 3.05) is 11.9 Å². The molecular formula is C6H6ClN5. The SMILES string of the molecule is Cc1nc(Cl)nc(NCC#N)n1. The summed E-state index contributed by atoms with van der Waals surface area (Å²) in [5.41, 5.74) is 0. The minimum atomic E-state index is 0.128. The number of nitrogens with one attached hydrogen (secondary N) is 1. The van der Waals surface area contributed by atoms with E-state index in [1.54, 1.807) is 6.92 Å². The van der Waals surface area contributed by atoms with E-state index in [1.807, 2.05) is 6.07 Å². The summed E-state index contributed by atoms with van der Waals surface area (Å²) in [4.78, 5) is 11.4. The zero-order valence-electron chi connectivity index (χ0n) is 6.37. The molecule has 0 amide bonds. The maximum Gasteiger partial charge on any atom is 0.228 e. The van der Waals surface area contributed by atoms with Crippen molar-refractivity contribution >= 4 is 17.5 Å². The van der Waals surface area contributed by atoms with E-state index in [2.05, 4.69) is 20.3 Å². The molecule has 0 aromatic carbocycles. The molecule has 0 aliphatic rings. The van der Waals surface area contributed by atoms with Crippen LogP contribution in [0.15, 0.2) is 0 Å². The molecule has 0 fully saturated rings. The Hall–Kier alpha value is -1.41. The van der Waals surface area contributed by atoms with Gasteiger partial charge in [0.2, 0.25) is 11.2 Å². The van der Waals surface area contributed by atoms with Crippen molar-refractivity contribution < 1.29 is 0 Å². The molecule has 1 aromatic rings. The Bertz CT molecular complexity index is 298. The van der Waals surface area contributed by atoms with Gasteiger partial charge in [0.25, 0.3) is 0 Å². The molecule has 62 valence electrons. The highest BCUT2D eigenvalue weighted by atomic mass is 35.5. The molecule has 1 rings (SSSR count). The third-order valence-electron chi connectivity index (χ3n) is 1.05. The van der Waals surface area contributed by atoms with E-state index in [4.69, 9.17) is 16.9 Å². The van der Waals surface area contributed by atoms with Gasteiger partial charge in [0, 0.05) is 0 Å². The maximum absolute atomic E-state index is 8.25. The quantitative estimate of drug-likeness (QED) is 0.686. The highest BCUT2D eigenvalue weighted by Crippen LogP contribution is 2.04. The molecule has 0 aliphatic carbocycles. The van der Waals surface area contributed by atoms with Gasteiger partial charge >= 0.3 is 0 Å². The fraction of sp³-hybridized carbons (Fsp3) is 0.333. The molecule has 0 saturated heterocycles. The predicted octanol–water partition coefficient (Wildman–Crippen LogP) is 0.769. The molecule has 0 saturated carbocycles. The van der Waals surface area contributed by atoms with E-state index >= 15 is 0 Å². The van der Waals surface area contributed by atoms with Gasteiger partial charge in [0.1, 0.15) is 12.4 Å². The van der Waals surface area contributed by atoms with Crippen LogP contribution < -0.4 is 5.32 Å². The molecule has 12 heavy (non-hydrogen) atoms. The van der Waals surface area contributed by atoms with Crippen molar-refractivity contribution in [3.05, 3.63) is 11.1 Å². The van der Waals surface area contributed by atoms with Crippen molar-refractivity contribution in [3.8, 4) is 6.07 Å².